The van der Waals surface area contributed by atoms with Gasteiger partial charge in [-0.2, -0.15) is 4.98 Å². The lowest BCUT2D eigenvalue weighted by Gasteiger charge is -2.29. The summed E-state index contributed by atoms with van der Waals surface area (Å²) in [5, 5.41) is 16.0. The van der Waals surface area contributed by atoms with Crippen LogP contribution in [-0.4, -0.2) is 43.2 Å². The quantitative estimate of drug-likeness (QED) is 0.353. The van der Waals surface area contributed by atoms with Crippen molar-refractivity contribution in [2.24, 2.45) is 11.7 Å². The van der Waals surface area contributed by atoms with Crippen LogP contribution in [0.1, 0.15) is 45.1 Å². The predicted octanol–water partition coefficient (Wildman–Crippen LogP) is 4.42. The number of benzene rings is 1. The van der Waals surface area contributed by atoms with E-state index < -0.39 is 5.82 Å². The molecule has 182 valence electrons. The van der Waals surface area contributed by atoms with E-state index in [9.17, 15) is 14.3 Å². The fraction of sp³-hybridized carbons (Fsp3) is 0.455. The molecule has 4 rings (SSSR count). The van der Waals surface area contributed by atoms with Crippen LogP contribution >= 0.6 is 23.2 Å². The SMILES string of the molecule is CC[C@@H](CO)Nc1ncc2nc(Nc3c(Cl)cc(F)cc3Cl)n(C3CCC(C(N)=O)CC3)c2n1. The molecule has 1 amide bonds. The minimum atomic E-state index is -0.547. The van der Waals surface area contributed by atoms with Crippen LogP contribution in [0.25, 0.3) is 11.2 Å². The number of carbonyl (C=O) groups excluding carboxylic acids is 1. The zero-order chi connectivity index (χ0) is 24.4. The van der Waals surface area contributed by atoms with E-state index in [4.69, 9.17) is 28.9 Å². The van der Waals surface area contributed by atoms with Gasteiger partial charge in [0.2, 0.25) is 17.8 Å². The Hall–Kier alpha value is -2.69. The van der Waals surface area contributed by atoms with E-state index in [0.29, 0.717) is 60.9 Å². The standard InChI is InChI=1S/C22H26Cl2FN7O2/c1-2-13(10-33)28-21-27-9-17-20(31-21)32(14-5-3-11(4-6-14)19(26)34)22(29-17)30-18-15(23)7-12(25)8-16(18)24/h7-9,11,13-14,33H,2-6,10H2,1H3,(H2,26,34)(H,29,30)(H,27,28,31)/t11?,13-,14?/m0/s1. The monoisotopic (exact) mass is 509 g/mol. The number of primary amides is 1. The van der Waals surface area contributed by atoms with Crippen molar-refractivity contribution in [3.05, 3.63) is 34.2 Å². The second-order valence-electron chi connectivity index (χ2n) is 8.42. The minimum absolute atomic E-state index is 0.0244. The van der Waals surface area contributed by atoms with Crippen LogP contribution in [0.2, 0.25) is 10.0 Å². The first-order valence-corrected chi connectivity index (χ1v) is 11.9. The number of fused-ring (bicyclic) bond motifs is 1. The van der Waals surface area contributed by atoms with Crippen LogP contribution in [0.3, 0.4) is 0 Å². The molecule has 9 nitrogen and oxygen atoms in total. The Kier molecular flexibility index (Phi) is 7.39. The number of carbonyl (C=O) groups is 1. The van der Waals surface area contributed by atoms with Crippen molar-refractivity contribution < 1.29 is 14.3 Å². The zero-order valence-corrected chi connectivity index (χ0v) is 20.1. The van der Waals surface area contributed by atoms with Gasteiger partial charge in [-0.15, -0.1) is 0 Å². The van der Waals surface area contributed by atoms with Gasteiger partial charge in [0.05, 0.1) is 34.6 Å². The maximum absolute atomic E-state index is 13.7. The molecule has 0 radical (unpaired) electrons. The van der Waals surface area contributed by atoms with Crippen LogP contribution in [-0.2, 0) is 4.79 Å². The Bertz CT molecular complexity index is 1170. The van der Waals surface area contributed by atoms with Crippen molar-refractivity contribution in [3.8, 4) is 0 Å². The molecule has 1 aliphatic rings. The van der Waals surface area contributed by atoms with Crippen molar-refractivity contribution in [1.82, 2.24) is 19.5 Å². The number of rotatable bonds is 8. The Morgan fingerprint density at radius 2 is 1.94 bits per heavy atom. The molecule has 1 atom stereocenters. The highest BCUT2D eigenvalue weighted by molar-refractivity contribution is 6.39. The van der Waals surface area contributed by atoms with Crippen molar-refractivity contribution in [1.29, 1.82) is 0 Å². The third-order valence-corrected chi connectivity index (χ3v) is 6.78. The van der Waals surface area contributed by atoms with Gasteiger partial charge in [0.1, 0.15) is 11.3 Å². The number of halogens is 3. The summed E-state index contributed by atoms with van der Waals surface area (Å²) in [6.07, 6.45) is 4.98. The minimum Gasteiger partial charge on any atom is -0.394 e. The second kappa shape index (κ2) is 10.3. The van der Waals surface area contributed by atoms with Crippen molar-refractivity contribution in [3.63, 3.8) is 0 Å². The maximum Gasteiger partial charge on any atom is 0.225 e. The molecular weight excluding hydrogens is 484 g/mol. The number of amides is 1. The smallest absolute Gasteiger partial charge is 0.225 e. The molecule has 34 heavy (non-hydrogen) atoms. The molecule has 1 aromatic carbocycles. The molecule has 2 heterocycles. The maximum atomic E-state index is 13.7. The summed E-state index contributed by atoms with van der Waals surface area (Å²) in [5.41, 5.74) is 6.95. The van der Waals surface area contributed by atoms with E-state index in [1.54, 1.807) is 6.20 Å². The molecule has 1 aliphatic carbocycles. The van der Waals surface area contributed by atoms with E-state index in [2.05, 4.69) is 25.6 Å². The van der Waals surface area contributed by atoms with Gasteiger partial charge in [-0.1, -0.05) is 30.1 Å². The number of hydrogen-bond donors (Lipinski definition) is 4. The Balaban J connectivity index is 1.76. The van der Waals surface area contributed by atoms with Gasteiger partial charge in [0, 0.05) is 12.0 Å². The van der Waals surface area contributed by atoms with Crippen LogP contribution in [0.4, 0.5) is 22.0 Å². The first-order valence-electron chi connectivity index (χ1n) is 11.1. The summed E-state index contributed by atoms with van der Waals surface area (Å²) in [5.74, 6) is -0.209. The van der Waals surface area contributed by atoms with Gasteiger partial charge in [0.15, 0.2) is 5.65 Å². The van der Waals surface area contributed by atoms with Gasteiger partial charge < -0.3 is 21.5 Å². The highest BCUT2D eigenvalue weighted by Gasteiger charge is 2.29. The molecule has 0 bridgehead atoms. The van der Waals surface area contributed by atoms with Crippen LogP contribution in [0.15, 0.2) is 18.3 Å². The first kappa shape index (κ1) is 24.4. The number of nitrogens with two attached hydrogens (primary N) is 1. The highest BCUT2D eigenvalue weighted by Crippen LogP contribution is 2.39. The Morgan fingerprint density at radius 1 is 1.26 bits per heavy atom. The lowest BCUT2D eigenvalue weighted by molar-refractivity contribution is -0.122. The van der Waals surface area contributed by atoms with E-state index >= 15 is 0 Å². The van der Waals surface area contributed by atoms with E-state index in [-0.39, 0.29) is 40.6 Å². The third kappa shape index (κ3) is 5.03. The third-order valence-electron chi connectivity index (χ3n) is 6.19. The van der Waals surface area contributed by atoms with E-state index in [1.165, 1.54) is 12.1 Å². The molecule has 0 saturated heterocycles. The van der Waals surface area contributed by atoms with Gasteiger partial charge in [-0.05, 0) is 44.2 Å². The number of nitrogens with one attached hydrogen (secondary N) is 2. The summed E-state index contributed by atoms with van der Waals surface area (Å²) in [6, 6.07) is 2.13. The fourth-order valence-electron chi connectivity index (χ4n) is 4.25. The van der Waals surface area contributed by atoms with Crippen LogP contribution in [0, 0.1) is 11.7 Å². The van der Waals surface area contributed by atoms with Crippen LogP contribution in [0.5, 0.6) is 0 Å². The summed E-state index contributed by atoms with van der Waals surface area (Å²) in [4.78, 5) is 25.3. The lowest BCUT2D eigenvalue weighted by Crippen LogP contribution is -2.29. The number of anilines is 3. The summed E-state index contributed by atoms with van der Waals surface area (Å²) >= 11 is 12.5. The molecule has 3 aromatic rings. The normalized spacial score (nSPS) is 19.2. The van der Waals surface area contributed by atoms with Gasteiger partial charge in [0.25, 0.3) is 0 Å². The number of imidazole rings is 1. The molecule has 0 unspecified atom stereocenters. The molecule has 5 N–H and O–H groups in total. The summed E-state index contributed by atoms with van der Waals surface area (Å²) < 4.78 is 15.6. The van der Waals surface area contributed by atoms with Gasteiger partial charge in [-0.3, -0.25) is 9.36 Å². The van der Waals surface area contributed by atoms with Gasteiger partial charge >= 0.3 is 0 Å². The molecule has 2 aromatic heterocycles. The Labute approximate surface area is 205 Å². The largest absolute Gasteiger partial charge is 0.394 e. The zero-order valence-electron chi connectivity index (χ0n) is 18.6. The number of aliphatic hydroxyl groups excluding tert-OH is 1. The van der Waals surface area contributed by atoms with Gasteiger partial charge in [-0.25, -0.2) is 14.4 Å². The number of hydrogen-bond acceptors (Lipinski definition) is 7. The molecule has 1 fully saturated rings. The van der Waals surface area contributed by atoms with Crippen LogP contribution < -0.4 is 16.4 Å². The van der Waals surface area contributed by atoms with E-state index in [0.717, 1.165) is 0 Å². The average Bonchev–Trinajstić information content (AvgIpc) is 3.17. The fourth-order valence-corrected chi connectivity index (χ4v) is 4.80. The predicted molar refractivity (Wildman–Crippen MR) is 130 cm³/mol. The highest BCUT2D eigenvalue weighted by atomic mass is 35.5. The number of aliphatic hydroxyl groups is 1. The average molecular weight is 510 g/mol. The molecule has 0 aliphatic heterocycles. The van der Waals surface area contributed by atoms with Crippen molar-refractivity contribution in [2.75, 3.05) is 17.2 Å². The Morgan fingerprint density at radius 3 is 2.53 bits per heavy atom. The molecule has 12 heteroatoms. The molecule has 1 saturated carbocycles. The van der Waals surface area contributed by atoms with Crippen molar-refractivity contribution >= 4 is 57.9 Å². The van der Waals surface area contributed by atoms with E-state index in [1.807, 2.05) is 11.5 Å². The van der Waals surface area contributed by atoms with Crippen molar-refractivity contribution in [2.45, 2.75) is 51.1 Å². The topological polar surface area (TPSA) is 131 Å². The first-order chi connectivity index (χ1) is 16.3. The second-order valence-corrected chi connectivity index (χ2v) is 9.23. The number of nitrogens with zero attached hydrogens (tertiary/aromatic N) is 4. The summed E-state index contributed by atoms with van der Waals surface area (Å²) in [6.45, 7) is 1.90. The summed E-state index contributed by atoms with van der Waals surface area (Å²) in [7, 11) is 0. The number of aromatic nitrogens is 4. The molecular formula is C22H26Cl2FN7O2. The molecule has 0 spiro atoms. The lowest BCUT2D eigenvalue weighted by atomic mass is 9.85.